The monoisotopic (exact) mass is 408 g/mol. The topological polar surface area (TPSA) is 65.0 Å². The molecular weight excluding hydrogens is 380 g/mol. The maximum atomic E-state index is 12.1. The number of carbonyl (C=O) groups is 1. The molecule has 0 aromatic heterocycles. The summed E-state index contributed by atoms with van der Waals surface area (Å²) in [6.45, 7) is 8.77. The highest BCUT2D eigenvalue weighted by Crippen LogP contribution is 2.45. The Hall–Kier alpha value is -2.73. The number of rotatable bonds is 11. The molecule has 0 saturated heterocycles. The van der Waals surface area contributed by atoms with E-state index in [1.165, 1.54) is 0 Å². The molecule has 0 atom stereocenters. The molecule has 0 fully saturated rings. The van der Waals surface area contributed by atoms with E-state index in [9.17, 15) is 9.90 Å². The van der Waals surface area contributed by atoms with Gasteiger partial charge in [0.25, 0.3) is 0 Å². The van der Waals surface area contributed by atoms with Gasteiger partial charge in [0.2, 0.25) is 0 Å². The lowest BCUT2D eigenvalue weighted by Gasteiger charge is -2.13. The Labute approximate surface area is 177 Å². The zero-order chi connectivity index (χ0) is 21.5. The zero-order valence-electron chi connectivity index (χ0n) is 17.6. The highest BCUT2D eigenvalue weighted by atomic mass is 16.5. The third-order valence-corrected chi connectivity index (χ3v) is 5.15. The second-order valence-corrected chi connectivity index (χ2v) is 7.21. The van der Waals surface area contributed by atoms with Gasteiger partial charge in [0, 0.05) is 12.7 Å². The smallest absolute Gasteiger partial charge is 0.336 e. The van der Waals surface area contributed by atoms with Gasteiger partial charge >= 0.3 is 5.97 Å². The van der Waals surface area contributed by atoms with E-state index in [0.717, 1.165) is 33.4 Å². The number of aryl methyl sites for hydroxylation is 1. The second-order valence-electron chi connectivity index (χ2n) is 7.21. The summed E-state index contributed by atoms with van der Waals surface area (Å²) in [5.41, 5.74) is 6.46. The van der Waals surface area contributed by atoms with Gasteiger partial charge in [-0.1, -0.05) is 54.6 Å². The van der Waals surface area contributed by atoms with Crippen LogP contribution in [0.1, 0.15) is 27.8 Å². The van der Waals surface area contributed by atoms with E-state index in [1.54, 1.807) is 7.11 Å². The molecule has 1 aliphatic rings. The molecule has 3 rings (SSSR count). The molecule has 30 heavy (non-hydrogen) atoms. The number of carboxylic acids is 1. The number of aliphatic carboxylic acids is 1. The largest absolute Gasteiger partial charge is 0.478 e. The van der Waals surface area contributed by atoms with Crippen molar-refractivity contribution in [2.24, 2.45) is 0 Å². The van der Waals surface area contributed by atoms with Gasteiger partial charge in [-0.25, -0.2) is 4.79 Å². The zero-order valence-corrected chi connectivity index (χ0v) is 17.6. The van der Waals surface area contributed by atoms with Gasteiger partial charge in [-0.05, 0) is 41.2 Å². The summed E-state index contributed by atoms with van der Waals surface area (Å²) in [6, 6.07) is 13.9. The predicted molar refractivity (Wildman–Crippen MR) is 118 cm³/mol. The molecular formula is C25H28O5. The number of benzene rings is 2. The maximum Gasteiger partial charge on any atom is 0.336 e. The molecule has 1 N–H and O–H groups in total. The van der Waals surface area contributed by atoms with Crippen molar-refractivity contribution in [3.63, 3.8) is 0 Å². The van der Waals surface area contributed by atoms with E-state index in [4.69, 9.17) is 14.2 Å². The molecule has 0 aliphatic heterocycles. The Bertz CT molecular complexity index is 941. The van der Waals surface area contributed by atoms with E-state index in [-0.39, 0.29) is 5.57 Å². The quantitative estimate of drug-likeness (QED) is 0.567. The van der Waals surface area contributed by atoms with Gasteiger partial charge in [0.1, 0.15) is 0 Å². The first-order chi connectivity index (χ1) is 14.5. The number of methoxy groups -OCH3 is 1. The molecule has 0 heterocycles. The van der Waals surface area contributed by atoms with Crippen molar-refractivity contribution in [3.8, 4) is 0 Å². The highest BCUT2D eigenvalue weighted by molar-refractivity contribution is 6.20. The predicted octanol–water partition coefficient (Wildman–Crippen LogP) is 4.13. The number of ether oxygens (including phenoxy) is 3. The van der Waals surface area contributed by atoms with Gasteiger partial charge < -0.3 is 19.3 Å². The average Bonchev–Trinajstić information content (AvgIpc) is 3.04. The Morgan fingerprint density at radius 3 is 2.30 bits per heavy atom. The average molecular weight is 408 g/mol. The summed E-state index contributed by atoms with van der Waals surface area (Å²) in [5, 5.41) is 9.90. The third-order valence-electron chi connectivity index (χ3n) is 5.15. The molecule has 0 spiro atoms. The van der Waals surface area contributed by atoms with Crippen LogP contribution in [0.3, 0.4) is 0 Å². The molecule has 0 radical (unpaired) electrons. The van der Waals surface area contributed by atoms with E-state index in [0.29, 0.717) is 45.0 Å². The van der Waals surface area contributed by atoms with Crippen molar-refractivity contribution < 1.29 is 24.1 Å². The summed E-state index contributed by atoms with van der Waals surface area (Å²) >= 11 is 0. The molecule has 1 aliphatic carbocycles. The minimum Gasteiger partial charge on any atom is -0.478 e. The summed E-state index contributed by atoms with van der Waals surface area (Å²) in [5.74, 6) is -0.956. The number of hydrogen-bond acceptors (Lipinski definition) is 4. The number of hydrogen-bond donors (Lipinski definition) is 1. The van der Waals surface area contributed by atoms with Crippen LogP contribution >= 0.6 is 0 Å². The first-order valence-corrected chi connectivity index (χ1v) is 10.1. The molecule has 0 amide bonds. The van der Waals surface area contributed by atoms with Crippen molar-refractivity contribution in [1.29, 1.82) is 0 Å². The molecule has 2 aromatic carbocycles. The van der Waals surface area contributed by atoms with Gasteiger partial charge in [-0.3, -0.25) is 0 Å². The summed E-state index contributed by atoms with van der Waals surface area (Å²) in [7, 11) is 1.64. The Morgan fingerprint density at radius 2 is 1.63 bits per heavy atom. The SMILES string of the molecule is C=C1C(C(=O)O)=C(c2ccc(C)cc2)c2c(CCOCCOCCOC)cccc21. The highest BCUT2D eigenvalue weighted by Gasteiger charge is 2.31. The maximum absolute atomic E-state index is 12.1. The molecule has 0 saturated carbocycles. The lowest BCUT2D eigenvalue weighted by atomic mass is 9.92. The van der Waals surface area contributed by atoms with Crippen LogP contribution < -0.4 is 0 Å². The van der Waals surface area contributed by atoms with E-state index < -0.39 is 5.97 Å². The molecule has 5 heteroatoms. The van der Waals surface area contributed by atoms with E-state index in [1.807, 2.05) is 49.4 Å². The van der Waals surface area contributed by atoms with Crippen molar-refractivity contribution in [2.45, 2.75) is 13.3 Å². The Morgan fingerprint density at radius 1 is 0.967 bits per heavy atom. The van der Waals surface area contributed by atoms with Crippen molar-refractivity contribution in [2.75, 3.05) is 40.1 Å². The molecule has 158 valence electrons. The van der Waals surface area contributed by atoms with Crippen LogP contribution in [0.5, 0.6) is 0 Å². The van der Waals surface area contributed by atoms with Crippen molar-refractivity contribution in [3.05, 3.63) is 82.4 Å². The fraction of sp³-hybridized carbons (Fsp3) is 0.320. The lowest BCUT2D eigenvalue weighted by Crippen LogP contribution is -2.10. The van der Waals surface area contributed by atoms with Crippen LogP contribution in [-0.4, -0.2) is 51.2 Å². The Balaban J connectivity index is 1.81. The molecule has 5 nitrogen and oxygen atoms in total. The number of fused-ring (bicyclic) bond motifs is 1. The lowest BCUT2D eigenvalue weighted by molar-refractivity contribution is -0.132. The number of carboxylic acid groups (broad SMARTS) is 1. The summed E-state index contributed by atoms with van der Waals surface area (Å²) in [4.78, 5) is 12.1. The van der Waals surface area contributed by atoms with E-state index in [2.05, 4.69) is 6.58 Å². The summed E-state index contributed by atoms with van der Waals surface area (Å²) in [6.07, 6.45) is 0.677. The third kappa shape index (κ3) is 4.87. The standard InChI is InChI=1S/C25H28O5/c1-17-7-9-20(10-8-17)24-22(25(26)27)18(2)21-6-4-5-19(23(21)24)11-12-29-15-16-30-14-13-28-3/h4-10H,2,11-16H2,1,3H3,(H,26,27). The van der Waals surface area contributed by atoms with Crippen LogP contribution in [0.4, 0.5) is 0 Å². The van der Waals surface area contributed by atoms with E-state index >= 15 is 0 Å². The van der Waals surface area contributed by atoms with Crippen LogP contribution in [-0.2, 0) is 25.4 Å². The summed E-state index contributed by atoms with van der Waals surface area (Å²) < 4.78 is 16.1. The Kier molecular flexibility index (Phi) is 7.57. The molecule has 2 aromatic rings. The normalized spacial score (nSPS) is 13.1. The minimum absolute atomic E-state index is 0.272. The van der Waals surface area contributed by atoms with Crippen LogP contribution in [0.25, 0.3) is 11.1 Å². The van der Waals surface area contributed by atoms with Crippen molar-refractivity contribution >= 4 is 17.1 Å². The fourth-order valence-electron chi connectivity index (χ4n) is 3.66. The first-order valence-electron chi connectivity index (χ1n) is 10.1. The molecule has 0 unspecified atom stereocenters. The molecule has 0 bridgehead atoms. The van der Waals surface area contributed by atoms with Gasteiger partial charge in [-0.15, -0.1) is 0 Å². The van der Waals surface area contributed by atoms with Gasteiger partial charge in [0.15, 0.2) is 0 Å². The first kappa shape index (κ1) is 22.0. The minimum atomic E-state index is -0.956. The fourth-order valence-corrected chi connectivity index (χ4v) is 3.66. The van der Waals surface area contributed by atoms with Crippen LogP contribution in [0, 0.1) is 6.92 Å². The second kappa shape index (κ2) is 10.3. The van der Waals surface area contributed by atoms with Gasteiger partial charge in [-0.2, -0.15) is 0 Å². The van der Waals surface area contributed by atoms with Crippen LogP contribution in [0.2, 0.25) is 0 Å². The van der Waals surface area contributed by atoms with Crippen molar-refractivity contribution in [1.82, 2.24) is 0 Å². The van der Waals surface area contributed by atoms with Crippen LogP contribution in [0.15, 0.2) is 54.6 Å². The van der Waals surface area contributed by atoms with Gasteiger partial charge in [0.05, 0.1) is 38.6 Å².